The Morgan fingerprint density at radius 1 is 0.594 bits per heavy atom. The number of nitrogen functional groups attached to an aromatic ring is 1. The molecule has 0 unspecified atom stereocenters. The van der Waals surface area contributed by atoms with Crippen LogP contribution in [0.5, 0.6) is 0 Å². The van der Waals surface area contributed by atoms with E-state index in [0.29, 0.717) is 48.6 Å². The van der Waals surface area contributed by atoms with Crippen molar-refractivity contribution in [3.8, 4) is 11.4 Å². The number of nitrogens with two attached hydrogens (primary N) is 3. The van der Waals surface area contributed by atoms with Gasteiger partial charge in [0, 0.05) is 75.7 Å². The molecule has 106 heavy (non-hydrogen) atoms. The predicted molar refractivity (Wildman–Crippen MR) is 406 cm³/mol. The van der Waals surface area contributed by atoms with Crippen LogP contribution in [-0.2, 0) is 47.0 Å². The summed E-state index contributed by atoms with van der Waals surface area (Å²) >= 11 is 0. The van der Waals surface area contributed by atoms with Crippen molar-refractivity contribution in [2.75, 3.05) is 33.5 Å². The van der Waals surface area contributed by atoms with E-state index in [1.165, 1.54) is 42.2 Å². The molecule has 13 aromatic rings. The summed E-state index contributed by atoms with van der Waals surface area (Å²) in [7, 11) is 1.38. The number of imidazole rings is 4. The maximum atomic E-state index is 12.3. The van der Waals surface area contributed by atoms with Gasteiger partial charge in [-0.2, -0.15) is 5.10 Å². The number of hydrogen-bond acceptors (Lipinski definition) is 19. The number of aromatic amines is 1. The number of nitrogens with one attached hydrogen (secondary N) is 4. The molecule has 1 aliphatic rings. The molecule has 1 fully saturated rings. The molecule has 0 radical (unpaired) electrons. The summed E-state index contributed by atoms with van der Waals surface area (Å²) in [6.45, 7) is 11.3. The molecular weight excluding hydrogens is 1360 g/mol. The van der Waals surface area contributed by atoms with Gasteiger partial charge in [-0.05, 0) is 128 Å². The number of ether oxygens (including phenoxy) is 2. The quantitative estimate of drug-likeness (QED) is 0.0100. The van der Waals surface area contributed by atoms with Gasteiger partial charge >= 0.3 is 41.2 Å². The van der Waals surface area contributed by atoms with Crippen LogP contribution >= 0.6 is 0 Å². The van der Waals surface area contributed by atoms with Crippen molar-refractivity contribution in [3.05, 3.63) is 274 Å². The second-order valence-electron chi connectivity index (χ2n) is 22.6. The summed E-state index contributed by atoms with van der Waals surface area (Å²) in [5.74, 6) is 13.0. The van der Waals surface area contributed by atoms with Crippen molar-refractivity contribution in [1.29, 1.82) is 5.53 Å². The number of Topliss-reactive ketones (excluding diaryl/α,β-unsaturated/α-hetero) is 1. The van der Waals surface area contributed by atoms with E-state index in [9.17, 15) is 24.0 Å². The molecule has 0 aliphatic carbocycles. The molecule has 0 spiro atoms. The standard InChI is InChI=1S/C20H21N3O2.C18H17N5O.C16H14N2O2.C15H14N4O.C4H8O.C2H6O.CH4.H2N3O.H4N2.Na.H2O/c1-2-6-17(24)12-21-20(25)16-9-10-18-19(11-16)23(14-22-18)13-15-7-4-3-5-8-15;1-2-23-17(20-21-18(23)24)14-8-9-15-16(10-14)22(12-19-15)11-13-6-4-3-5-7-13;1-20-16(19)13-7-8-14-15(9-13)18(11-17-14)10-12-5-3-2-4-6-12;16-18-15(20)12-6-7-13-14(8-12)19(10-17-13)9-11-4-2-1-3-5-11;1-2-4-5-3-1;1-2-3;;1-2-3-4;1-2;;/h3-5,7-11,14H,2,6,12-13H2,1H3,(H,21,25);3-10,12H,2,11H2,1H3,(H,21,24);2-9,11H,10H2,1H3;1-8,10H,9,16H2,(H,18,20);1-4H2;3H,2H2,1H3;1H4;(H2-,1,2,3,4);1-2H2;;1H2/q;;;;;;;-1;;+1;. The summed E-state index contributed by atoms with van der Waals surface area (Å²) < 4.78 is 19.5. The van der Waals surface area contributed by atoms with Gasteiger partial charge in [0.25, 0.3) is 11.8 Å². The Balaban J connectivity index is 0.000000280. The van der Waals surface area contributed by atoms with Crippen LogP contribution in [-0.4, -0.2) is 126 Å². The number of methoxy groups -OCH3 is 1. The second kappa shape index (κ2) is 47.2. The fourth-order valence-electron chi connectivity index (χ4n) is 10.6. The van der Waals surface area contributed by atoms with E-state index >= 15 is 0 Å². The van der Waals surface area contributed by atoms with Gasteiger partial charge < -0.3 is 54.4 Å². The number of carbonyl (C=O) groups is 4. The van der Waals surface area contributed by atoms with E-state index < -0.39 is 0 Å². The second-order valence-corrected chi connectivity index (χ2v) is 22.6. The summed E-state index contributed by atoms with van der Waals surface area (Å²) in [5.41, 5.74) is 24.1. The smallest absolute Gasteiger partial charge is 0.465 e. The first-order valence-electron chi connectivity index (χ1n) is 33.0. The fraction of sp³-hybridized carbons (Fsp3) is 0.237. The number of rotatable bonds is 18. The van der Waals surface area contributed by atoms with Crippen LogP contribution in [0.4, 0.5) is 0 Å². The minimum atomic E-state index is -0.334. The van der Waals surface area contributed by atoms with Gasteiger partial charge in [-0.25, -0.2) is 40.5 Å². The van der Waals surface area contributed by atoms with E-state index in [1.54, 1.807) is 54.7 Å². The third-order valence-corrected chi connectivity index (χ3v) is 15.5. The molecule has 2 amide bonds. The maximum Gasteiger partial charge on any atom is 1.00 e. The zero-order chi connectivity index (χ0) is 73.7. The van der Waals surface area contributed by atoms with E-state index in [2.05, 4.69) is 111 Å². The van der Waals surface area contributed by atoms with Crippen LogP contribution in [0.3, 0.4) is 0 Å². The SMILES string of the molecule is C.C1CCOC1.CCCC(=O)CNC(=O)c1ccc2ncn(Cc3ccccc3)c2c1.CCO.CCn1c(-c2ccc3ncn(Cc4ccccc4)c3c2)n[nH]c1=O.COC(=O)c1ccc2ncn(Cc3ccccc3)c2c1.N=N[N-]O.NN.NNC(=O)c1ccc2ncn(Cc3ccccc3)c2c1.O.[Na+]. The molecule has 29 nitrogen and oxygen atoms in total. The van der Waals surface area contributed by atoms with Crippen LogP contribution in [0.15, 0.2) is 229 Å². The molecule has 1 aliphatic heterocycles. The predicted octanol–water partition coefficient (Wildman–Crippen LogP) is 7.52. The Morgan fingerprint density at radius 3 is 1.29 bits per heavy atom. The average molecular weight is 1450 g/mol. The van der Waals surface area contributed by atoms with Crippen LogP contribution in [0, 0.1) is 5.53 Å². The van der Waals surface area contributed by atoms with E-state index in [4.69, 9.17) is 31.2 Å². The van der Waals surface area contributed by atoms with Gasteiger partial charge in [-0.1, -0.05) is 136 Å². The number of H-pyrrole nitrogens is 1. The van der Waals surface area contributed by atoms with E-state index in [1.807, 2.05) is 161 Å². The molecule has 8 aromatic carbocycles. The molecule has 14 N–H and O–H groups in total. The zero-order valence-electron chi connectivity index (χ0n) is 59.3. The van der Waals surface area contributed by atoms with Crippen molar-refractivity contribution in [2.45, 2.75) is 86.6 Å². The number of amides is 2. The Morgan fingerprint density at radius 2 is 0.953 bits per heavy atom. The number of carbonyl (C=O) groups excluding carboxylic acids is 4. The molecule has 0 atom stereocenters. The van der Waals surface area contributed by atoms with Crippen molar-refractivity contribution < 1.29 is 74.0 Å². The molecule has 552 valence electrons. The molecule has 1 saturated heterocycles. The monoisotopic (exact) mass is 1450 g/mol. The molecule has 5 aromatic heterocycles. The van der Waals surface area contributed by atoms with Gasteiger partial charge in [-0.15, -0.1) is 0 Å². The zero-order valence-corrected chi connectivity index (χ0v) is 61.3. The van der Waals surface area contributed by atoms with Gasteiger partial charge in [0.05, 0.1) is 88.7 Å². The van der Waals surface area contributed by atoms with E-state index in [0.717, 1.165) is 82.4 Å². The van der Waals surface area contributed by atoms with Crippen LogP contribution in [0.2, 0.25) is 0 Å². The summed E-state index contributed by atoms with van der Waals surface area (Å²) in [6.07, 6.45) is 11.0. The number of ketones is 1. The Labute approximate surface area is 635 Å². The molecule has 14 rings (SSSR count). The first-order valence-corrected chi connectivity index (χ1v) is 33.0. The van der Waals surface area contributed by atoms with Gasteiger partial charge in [0.15, 0.2) is 11.6 Å². The molecule has 6 heterocycles. The maximum absolute atomic E-state index is 12.3. The number of aromatic nitrogens is 11. The summed E-state index contributed by atoms with van der Waals surface area (Å²) in [5, 5.41) is 26.2. The third-order valence-electron chi connectivity index (χ3n) is 15.5. The first-order chi connectivity index (χ1) is 50.3. The summed E-state index contributed by atoms with van der Waals surface area (Å²) in [6, 6.07) is 62.7. The number of benzene rings is 8. The van der Waals surface area contributed by atoms with Gasteiger partial charge in [0.2, 0.25) is 0 Å². The van der Waals surface area contributed by atoms with Crippen molar-refractivity contribution in [1.82, 2.24) is 63.7 Å². The Kier molecular flexibility index (Phi) is 38.8. The minimum absolute atomic E-state index is 0. The summed E-state index contributed by atoms with van der Waals surface area (Å²) in [4.78, 5) is 76.4. The first kappa shape index (κ1) is 87.2. The molecule has 0 bridgehead atoms. The fourth-order valence-corrected chi connectivity index (χ4v) is 10.6. The van der Waals surface area contributed by atoms with Crippen molar-refractivity contribution >= 4 is 67.7 Å². The minimum Gasteiger partial charge on any atom is -0.465 e. The van der Waals surface area contributed by atoms with E-state index in [-0.39, 0.29) is 84.9 Å². The van der Waals surface area contributed by atoms with Crippen LogP contribution in [0.25, 0.3) is 61.1 Å². The van der Waals surface area contributed by atoms with Crippen molar-refractivity contribution in [2.24, 2.45) is 22.8 Å². The van der Waals surface area contributed by atoms with Crippen LogP contribution in [0.1, 0.15) is 107 Å². The van der Waals surface area contributed by atoms with Gasteiger partial charge in [-0.3, -0.25) is 46.9 Å². The normalized spacial score (nSPS) is 10.7. The number of esters is 1. The largest absolute Gasteiger partial charge is 1.00 e. The number of hydrogen-bond donors (Lipinski definition) is 9. The topological polar surface area (TPSA) is 433 Å². The molecular formula is C76H92N19NaO10. The Hall–Kier alpha value is -11.2. The Bertz CT molecular complexity index is 4670. The number of hydrazine groups is 2. The number of nitrogens with zero attached hydrogens (tertiary/aromatic N) is 12. The number of aliphatic hydroxyl groups is 1. The average Bonchev–Trinajstić information content (AvgIpc) is 1.68. The molecule has 30 heteroatoms. The number of aliphatic hydroxyl groups excluding tert-OH is 1. The van der Waals surface area contributed by atoms with Crippen LogP contribution < -0.4 is 63.5 Å². The third kappa shape index (κ3) is 25.9. The van der Waals surface area contributed by atoms with Crippen molar-refractivity contribution in [3.63, 3.8) is 0 Å². The molecule has 0 saturated carbocycles. The van der Waals surface area contributed by atoms with Gasteiger partial charge in [0.1, 0.15) is 0 Å². The number of fused-ring (bicyclic) bond motifs is 4.